The SMILES string of the molecule is CN(CCCNC(=O)COc1ccc(S(N)(=O)=O)cc1[N+](=O)[O-])c1ccccc1. The van der Waals surface area contributed by atoms with Gasteiger partial charge < -0.3 is 15.0 Å². The number of anilines is 1. The molecule has 0 radical (unpaired) electrons. The molecule has 2 rings (SSSR count). The predicted octanol–water partition coefficient (Wildman–Crippen LogP) is 1.26. The van der Waals surface area contributed by atoms with Crippen LogP contribution in [0.1, 0.15) is 6.42 Å². The van der Waals surface area contributed by atoms with E-state index in [2.05, 4.69) is 10.2 Å². The zero-order chi connectivity index (χ0) is 21.4. The molecule has 0 aliphatic heterocycles. The number of rotatable bonds is 10. The van der Waals surface area contributed by atoms with Gasteiger partial charge in [0.2, 0.25) is 10.0 Å². The van der Waals surface area contributed by atoms with Gasteiger partial charge in [-0.15, -0.1) is 0 Å². The number of nitrogens with one attached hydrogen (secondary N) is 1. The summed E-state index contributed by atoms with van der Waals surface area (Å²) in [6, 6.07) is 12.8. The molecule has 0 saturated carbocycles. The van der Waals surface area contributed by atoms with Gasteiger partial charge in [-0.2, -0.15) is 0 Å². The van der Waals surface area contributed by atoms with Gasteiger partial charge in [0.1, 0.15) is 0 Å². The van der Waals surface area contributed by atoms with Crippen molar-refractivity contribution in [3.05, 3.63) is 58.6 Å². The maximum absolute atomic E-state index is 11.9. The van der Waals surface area contributed by atoms with Crippen molar-refractivity contribution in [2.45, 2.75) is 11.3 Å². The summed E-state index contributed by atoms with van der Waals surface area (Å²) in [6.07, 6.45) is 0.695. The molecule has 2 aromatic rings. The highest BCUT2D eigenvalue weighted by atomic mass is 32.2. The number of ether oxygens (including phenoxy) is 1. The Balaban J connectivity index is 1.82. The first-order chi connectivity index (χ1) is 13.7. The number of nitrogens with two attached hydrogens (primary N) is 1. The summed E-state index contributed by atoms with van der Waals surface area (Å²) in [5.74, 6) is -0.668. The zero-order valence-electron chi connectivity index (χ0n) is 15.8. The minimum Gasteiger partial charge on any atom is -0.477 e. The molecule has 0 bridgehead atoms. The first-order valence-electron chi connectivity index (χ1n) is 8.65. The van der Waals surface area contributed by atoms with Gasteiger partial charge in [0.15, 0.2) is 12.4 Å². The van der Waals surface area contributed by atoms with Crippen molar-refractivity contribution < 1.29 is 22.9 Å². The molecule has 29 heavy (non-hydrogen) atoms. The Labute approximate surface area is 168 Å². The number of hydrogen-bond acceptors (Lipinski definition) is 7. The highest BCUT2D eigenvalue weighted by molar-refractivity contribution is 7.89. The summed E-state index contributed by atoms with van der Waals surface area (Å²) in [6.45, 7) is 0.696. The Bertz CT molecular complexity index is 966. The van der Waals surface area contributed by atoms with Crippen LogP contribution in [0.3, 0.4) is 0 Å². The monoisotopic (exact) mass is 422 g/mol. The first kappa shape index (κ1) is 22.1. The smallest absolute Gasteiger partial charge is 0.312 e. The van der Waals surface area contributed by atoms with Crippen molar-refractivity contribution in [3.63, 3.8) is 0 Å². The fourth-order valence-corrected chi connectivity index (χ4v) is 3.02. The second-order valence-electron chi connectivity index (χ2n) is 6.18. The zero-order valence-corrected chi connectivity index (χ0v) is 16.6. The van der Waals surface area contributed by atoms with Crippen LogP contribution in [-0.4, -0.2) is 46.0 Å². The lowest BCUT2D eigenvalue weighted by Gasteiger charge is -2.19. The van der Waals surface area contributed by atoms with Crippen molar-refractivity contribution >= 4 is 27.3 Å². The standard InChI is InChI=1S/C18H22N4O6S/c1-21(14-6-3-2-4-7-14)11-5-10-20-18(23)13-28-17-9-8-15(29(19,26)27)12-16(17)22(24)25/h2-4,6-9,12H,5,10-11,13H2,1H3,(H,20,23)(H2,19,26,27). The van der Waals surface area contributed by atoms with E-state index in [1.807, 2.05) is 37.4 Å². The van der Waals surface area contributed by atoms with Crippen molar-refractivity contribution in [2.75, 3.05) is 31.6 Å². The van der Waals surface area contributed by atoms with E-state index in [-0.39, 0.29) is 5.75 Å². The molecular weight excluding hydrogens is 400 g/mol. The van der Waals surface area contributed by atoms with Crippen LogP contribution in [0.2, 0.25) is 0 Å². The number of carbonyl (C=O) groups is 1. The minimum atomic E-state index is -4.09. The van der Waals surface area contributed by atoms with E-state index < -0.39 is 38.0 Å². The molecule has 156 valence electrons. The number of amides is 1. The largest absolute Gasteiger partial charge is 0.477 e. The third-order valence-corrected chi connectivity index (χ3v) is 4.91. The van der Waals surface area contributed by atoms with E-state index in [0.29, 0.717) is 13.0 Å². The molecule has 0 unspecified atom stereocenters. The molecular formula is C18H22N4O6S. The van der Waals surface area contributed by atoms with Crippen molar-refractivity contribution in [1.29, 1.82) is 0 Å². The van der Waals surface area contributed by atoms with Gasteiger partial charge in [-0.1, -0.05) is 18.2 Å². The fraction of sp³-hybridized carbons (Fsp3) is 0.278. The van der Waals surface area contributed by atoms with E-state index in [1.54, 1.807) is 0 Å². The lowest BCUT2D eigenvalue weighted by atomic mass is 10.3. The summed E-state index contributed by atoms with van der Waals surface area (Å²) in [5, 5.41) is 18.8. The number of primary sulfonamides is 1. The third-order valence-electron chi connectivity index (χ3n) is 4.00. The molecule has 0 atom stereocenters. The molecule has 11 heteroatoms. The van der Waals surface area contributed by atoms with Crippen LogP contribution in [0, 0.1) is 10.1 Å². The molecule has 10 nitrogen and oxygen atoms in total. The van der Waals surface area contributed by atoms with Gasteiger partial charge in [-0.25, -0.2) is 13.6 Å². The molecule has 0 aromatic heterocycles. The lowest BCUT2D eigenvalue weighted by molar-refractivity contribution is -0.386. The Morgan fingerprint density at radius 1 is 1.24 bits per heavy atom. The molecule has 2 aromatic carbocycles. The van der Waals surface area contributed by atoms with E-state index in [9.17, 15) is 23.3 Å². The summed E-state index contributed by atoms with van der Waals surface area (Å²) >= 11 is 0. The fourth-order valence-electron chi connectivity index (χ4n) is 2.49. The van der Waals surface area contributed by atoms with Gasteiger partial charge in [0, 0.05) is 31.9 Å². The van der Waals surface area contributed by atoms with Gasteiger partial charge in [0.05, 0.1) is 9.82 Å². The van der Waals surface area contributed by atoms with Crippen LogP contribution in [0.4, 0.5) is 11.4 Å². The quantitative estimate of drug-likeness (QED) is 0.333. The number of sulfonamides is 1. The third kappa shape index (κ3) is 6.73. The molecule has 0 aliphatic rings. The Hall–Kier alpha value is -3.18. The first-order valence-corrected chi connectivity index (χ1v) is 10.2. The number of nitro groups is 1. The number of nitro benzene ring substituents is 1. The average molecular weight is 422 g/mol. The number of hydrogen-bond donors (Lipinski definition) is 2. The van der Waals surface area contributed by atoms with Crippen LogP contribution < -0.4 is 20.1 Å². The normalized spacial score (nSPS) is 11.0. The van der Waals surface area contributed by atoms with E-state index >= 15 is 0 Å². The second kappa shape index (κ2) is 9.85. The van der Waals surface area contributed by atoms with Crippen molar-refractivity contribution in [1.82, 2.24) is 5.32 Å². The van der Waals surface area contributed by atoms with Crippen LogP contribution in [0.15, 0.2) is 53.4 Å². The molecule has 1 amide bonds. The van der Waals surface area contributed by atoms with E-state index in [4.69, 9.17) is 9.88 Å². The maximum Gasteiger partial charge on any atom is 0.312 e. The Morgan fingerprint density at radius 2 is 1.93 bits per heavy atom. The Kier molecular flexibility index (Phi) is 7.51. The number of carbonyl (C=O) groups excluding carboxylic acids is 1. The molecule has 0 fully saturated rings. The van der Waals surface area contributed by atoms with E-state index in [0.717, 1.165) is 30.4 Å². The highest BCUT2D eigenvalue weighted by Gasteiger charge is 2.20. The molecule has 0 saturated heterocycles. The summed E-state index contributed by atoms with van der Waals surface area (Å²) in [5.41, 5.74) is 0.478. The molecule has 0 aliphatic carbocycles. The minimum absolute atomic E-state index is 0.221. The van der Waals surface area contributed by atoms with Gasteiger partial charge in [-0.05, 0) is 30.7 Å². The van der Waals surface area contributed by atoms with Crippen LogP contribution in [-0.2, 0) is 14.8 Å². The Morgan fingerprint density at radius 3 is 2.55 bits per heavy atom. The van der Waals surface area contributed by atoms with Crippen molar-refractivity contribution in [2.24, 2.45) is 5.14 Å². The van der Waals surface area contributed by atoms with Gasteiger partial charge in [-0.3, -0.25) is 14.9 Å². The molecule has 0 heterocycles. The summed E-state index contributed by atoms with van der Waals surface area (Å²) in [4.78, 5) is 23.9. The van der Waals surface area contributed by atoms with Gasteiger partial charge in [0.25, 0.3) is 5.91 Å². The highest BCUT2D eigenvalue weighted by Crippen LogP contribution is 2.29. The average Bonchev–Trinajstić information content (AvgIpc) is 2.69. The van der Waals surface area contributed by atoms with E-state index in [1.165, 1.54) is 0 Å². The maximum atomic E-state index is 11.9. The van der Waals surface area contributed by atoms with Crippen LogP contribution in [0.25, 0.3) is 0 Å². The number of nitrogens with zero attached hydrogens (tertiary/aromatic N) is 2. The van der Waals surface area contributed by atoms with Crippen LogP contribution >= 0.6 is 0 Å². The predicted molar refractivity (Wildman–Crippen MR) is 107 cm³/mol. The molecule has 0 spiro atoms. The van der Waals surface area contributed by atoms with Crippen molar-refractivity contribution in [3.8, 4) is 5.75 Å². The molecule has 3 N–H and O–H groups in total. The topological polar surface area (TPSA) is 145 Å². The lowest BCUT2D eigenvalue weighted by Crippen LogP contribution is -2.31. The summed E-state index contributed by atoms with van der Waals surface area (Å²) in [7, 11) is -2.14. The summed E-state index contributed by atoms with van der Waals surface area (Å²) < 4.78 is 27.8. The van der Waals surface area contributed by atoms with Gasteiger partial charge >= 0.3 is 5.69 Å². The number of benzene rings is 2. The number of para-hydroxylation sites is 1. The second-order valence-corrected chi connectivity index (χ2v) is 7.74. The van der Waals surface area contributed by atoms with Crippen LogP contribution in [0.5, 0.6) is 5.75 Å².